The van der Waals surface area contributed by atoms with E-state index in [0.717, 1.165) is 18.8 Å². The number of morpholine rings is 1. The predicted octanol–water partition coefficient (Wildman–Crippen LogP) is 3.41. The van der Waals surface area contributed by atoms with Gasteiger partial charge in [0.05, 0.1) is 24.3 Å². The minimum Gasteiger partial charge on any atom is -0.448 e. The van der Waals surface area contributed by atoms with Gasteiger partial charge < -0.3 is 19.7 Å². The zero-order valence-electron chi connectivity index (χ0n) is 20.3. The quantitative estimate of drug-likeness (QED) is 0.407. The molecule has 3 aromatic carbocycles. The minimum absolute atomic E-state index is 0.0476. The van der Waals surface area contributed by atoms with Gasteiger partial charge in [-0.2, -0.15) is 9.78 Å². The molecule has 37 heavy (non-hydrogen) atoms. The average Bonchev–Trinajstić information content (AvgIpc) is 2.94. The first-order chi connectivity index (χ1) is 18.0. The van der Waals surface area contributed by atoms with E-state index in [1.807, 2.05) is 30.3 Å². The Hall–Kier alpha value is -4.50. The van der Waals surface area contributed by atoms with Crippen LogP contribution in [0.2, 0.25) is 0 Å². The highest BCUT2D eigenvalue weighted by molar-refractivity contribution is 6.03. The maximum absolute atomic E-state index is 13.1. The molecular weight excluding hydrogens is 472 g/mol. The van der Waals surface area contributed by atoms with Crippen LogP contribution in [0.1, 0.15) is 17.4 Å². The van der Waals surface area contributed by atoms with Crippen molar-refractivity contribution < 1.29 is 19.1 Å². The molecule has 2 heterocycles. The van der Waals surface area contributed by atoms with E-state index in [2.05, 4.69) is 15.3 Å². The van der Waals surface area contributed by atoms with E-state index in [1.165, 1.54) is 11.6 Å². The van der Waals surface area contributed by atoms with Gasteiger partial charge in [0.1, 0.15) is 0 Å². The number of para-hydroxylation sites is 1. The van der Waals surface area contributed by atoms with Crippen molar-refractivity contribution in [1.82, 2.24) is 9.78 Å². The van der Waals surface area contributed by atoms with Gasteiger partial charge >= 0.3 is 5.97 Å². The standard InChI is InChI=1S/C28H26N4O5/c1-19(26(33)29-20-11-13-21(14-12-20)31-15-17-36-18-16-31)37-28(35)25-23-9-5-6-10-24(23)27(34)32(30-25)22-7-3-2-4-8-22/h2-14,19H,15-18H2,1H3,(H,29,33)/t19-/m1/s1. The number of carbonyl (C=O) groups excluding carboxylic acids is 2. The molecule has 0 aliphatic carbocycles. The van der Waals surface area contributed by atoms with Crippen LogP contribution in [0.5, 0.6) is 0 Å². The van der Waals surface area contributed by atoms with Crippen molar-refractivity contribution in [2.75, 3.05) is 36.5 Å². The maximum atomic E-state index is 13.1. The SMILES string of the molecule is C[C@@H](OC(=O)c1nn(-c2ccccc2)c(=O)c2ccccc12)C(=O)Nc1ccc(N2CCOCC2)cc1. The first kappa shape index (κ1) is 24.2. The Morgan fingerprint density at radius 3 is 2.24 bits per heavy atom. The van der Waals surface area contributed by atoms with Gasteiger partial charge in [-0.1, -0.05) is 36.4 Å². The van der Waals surface area contributed by atoms with E-state index in [1.54, 1.807) is 48.5 Å². The number of amides is 1. The first-order valence-electron chi connectivity index (χ1n) is 12.0. The van der Waals surface area contributed by atoms with E-state index in [4.69, 9.17) is 9.47 Å². The predicted molar refractivity (Wildman–Crippen MR) is 140 cm³/mol. The van der Waals surface area contributed by atoms with E-state index in [-0.39, 0.29) is 11.3 Å². The van der Waals surface area contributed by atoms with Crippen molar-refractivity contribution >= 4 is 34.0 Å². The van der Waals surface area contributed by atoms with Crippen molar-refractivity contribution in [3.63, 3.8) is 0 Å². The molecule has 0 radical (unpaired) electrons. The normalized spacial score (nSPS) is 14.2. The van der Waals surface area contributed by atoms with Crippen LogP contribution in [0.15, 0.2) is 83.7 Å². The summed E-state index contributed by atoms with van der Waals surface area (Å²) in [5.74, 6) is -1.28. The number of anilines is 2. The van der Waals surface area contributed by atoms with Crippen molar-refractivity contribution in [2.24, 2.45) is 0 Å². The molecule has 1 amide bonds. The minimum atomic E-state index is -1.09. The summed E-state index contributed by atoms with van der Waals surface area (Å²) in [6, 6.07) is 23.0. The van der Waals surface area contributed by atoms with Crippen molar-refractivity contribution in [2.45, 2.75) is 13.0 Å². The lowest BCUT2D eigenvalue weighted by molar-refractivity contribution is -0.123. The molecule has 0 unspecified atom stereocenters. The summed E-state index contributed by atoms with van der Waals surface area (Å²) in [4.78, 5) is 41.2. The summed E-state index contributed by atoms with van der Waals surface area (Å²) in [6.45, 7) is 4.51. The first-order valence-corrected chi connectivity index (χ1v) is 12.0. The van der Waals surface area contributed by atoms with Crippen LogP contribution in [0.25, 0.3) is 16.5 Å². The molecule has 0 spiro atoms. The largest absolute Gasteiger partial charge is 0.448 e. The van der Waals surface area contributed by atoms with E-state index in [0.29, 0.717) is 35.4 Å². The third-order valence-electron chi connectivity index (χ3n) is 6.16. The van der Waals surface area contributed by atoms with Gasteiger partial charge in [-0.3, -0.25) is 9.59 Å². The Kier molecular flexibility index (Phi) is 6.96. The van der Waals surface area contributed by atoms with Crippen LogP contribution in [-0.2, 0) is 14.3 Å². The van der Waals surface area contributed by atoms with Gasteiger partial charge in [0.15, 0.2) is 11.8 Å². The van der Waals surface area contributed by atoms with Gasteiger partial charge in [0, 0.05) is 29.9 Å². The van der Waals surface area contributed by atoms with Crippen LogP contribution >= 0.6 is 0 Å². The number of aromatic nitrogens is 2. The summed E-state index contributed by atoms with van der Waals surface area (Å²) in [5, 5.41) is 7.76. The molecule has 1 aliphatic rings. The molecule has 5 rings (SSSR count). The third-order valence-corrected chi connectivity index (χ3v) is 6.16. The molecular formula is C28H26N4O5. The van der Waals surface area contributed by atoms with Gasteiger partial charge in [-0.05, 0) is 49.4 Å². The zero-order valence-corrected chi connectivity index (χ0v) is 20.3. The number of ether oxygens (including phenoxy) is 2. The lowest BCUT2D eigenvalue weighted by atomic mass is 10.1. The number of hydrogen-bond acceptors (Lipinski definition) is 7. The molecule has 9 nitrogen and oxygen atoms in total. The van der Waals surface area contributed by atoms with Crippen molar-refractivity contribution in [1.29, 1.82) is 0 Å². The fraction of sp³-hybridized carbons (Fsp3) is 0.214. The average molecular weight is 499 g/mol. The fourth-order valence-corrected chi connectivity index (χ4v) is 4.18. The molecule has 9 heteroatoms. The summed E-state index contributed by atoms with van der Waals surface area (Å²) >= 11 is 0. The second-order valence-corrected chi connectivity index (χ2v) is 8.63. The van der Waals surface area contributed by atoms with Gasteiger partial charge in [0.2, 0.25) is 0 Å². The molecule has 1 aromatic heterocycles. The molecule has 1 saturated heterocycles. The zero-order chi connectivity index (χ0) is 25.8. The second kappa shape index (κ2) is 10.6. The third kappa shape index (κ3) is 5.22. The van der Waals surface area contributed by atoms with Gasteiger partial charge in [-0.25, -0.2) is 4.79 Å². The Labute approximate surface area is 213 Å². The molecule has 4 aromatic rings. The Morgan fingerprint density at radius 1 is 0.892 bits per heavy atom. The Morgan fingerprint density at radius 2 is 1.54 bits per heavy atom. The number of hydrogen-bond donors (Lipinski definition) is 1. The smallest absolute Gasteiger partial charge is 0.360 e. The summed E-state index contributed by atoms with van der Waals surface area (Å²) in [7, 11) is 0. The van der Waals surface area contributed by atoms with Crippen LogP contribution in [0.4, 0.5) is 11.4 Å². The van der Waals surface area contributed by atoms with Crippen molar-refractivity contribution in [3.05, 3.63) is 94.9 Å². The van der Waals surface area contributed by atoms with Gasteiger partial charge in [0.25, 0.3) is 11.5 Å². The number of nitrogens with one attached hydrogen (secondary N) is 1. The lowest BCUT2D eigenvalue weighted by Crippen LogP contribution is -2.36. The van der Waals surface area contributed by atoms with E-state index < -0.39 is 18.0 Å². The lowest BCUT2D eigenvalue weighted by Gasteiger charge is -2.28. The van der Waals surface area contributed by atoms with Crippen LogP contribution in [0, 0.1) is 0 Å². The topological polar surface area (TPSA) is 103 Å². The van der Waals surface area contributed by atoms with E-state index >= 15 is 0 Å². The second-order valence-electron chi connectivity index (χ2n) is 8.63. The van der Waals surface area contributed by atoms with Crippen LogP contribution < -0.4 is 15.8 Å². The molecule has 1 N–H and O–H groups in total. The van der Waals surface area contributed by atoms with Gasteiger partial charge in [-0.15, -0.1) is 0 Å². The molecule has 188 valence electrons. The highest BCUT2D eigenvalue weighted by atomic mass is 16.5. The van der Waals surface area contributed by atoms with Crippen LogP contribution in [-0.4, -0.2) is 54.1 Å². The van der Waals surface area contributed by atoms with Crippen molar-refractivity contribution in [3.8, 4) is 5.69 Å². The number of benzene rings is 3. The Balaban J connectivity index is 1.33. The van der Waals surface area contributed by atoms with Crippen LogP contribution in [0.3, 0.4) is 0 Å². The molecule has 0 saturated carbocycles. The molecule has 0 bridgehead atoms. The maximum Gasteiger partial charge on any atom is 0.360 e. The number of fused-ring (bicyclic) bond motifs is 1. The highest BCUT2D eigenvalue weighted by Gasteiger charge is 2.24. The summed E-state index contributed by atoms with van der Waals surface area (Å²) in [5.41, 5.74) is 1.75. The molecule has 1 atom stereocenters. The molecule has 1 fully saturated rings. The summed E-state index contributed by atoms with van der Waals surface area (Å²) < 4.78 is 12.0. The van der Waals surface area contributed by atoms with E-state index in [9.17, 15) is 14.4 Å². The number of nitrogens with zero attached hydrogens (tertiary/aromatic N) is 3. The number of rotatable bonds is 6. The highest BCUT2D eigenvalue weighted by Crippen LogP contribution is 2.20. The number of carbonyl (C=O) groups is 2. The Bertz CT molecular complexity index is 1480. The monoisotopic (exact) mass is 498 g/mol. The molecule has 1 aliphatic heterocycles. The number of esters is 1. The summed E-state index contributed by atoms with van der Waals surface area (Å²) in [6.07, 6.45) is -1.09. The fourth-order valence-electron chi connectivity index (χ4n) is 4.18.